The monoisotopic (exact) mass is 370 g/mol. The normalized spacial score (nSPS) is 16.8. The van der Waals surface area contributed by atoms with Gasteiger partial charge in [0, 0.05) is 18.7 Å². The van der Waals surface area contributed by atoms with Crippen LogP contribution in [0.15, 0.2) is 48.5 Å². The van der Waals surface area contributed by atoms with Crippen molar-refractivity contribution in [3.05, 3.63) is 71.1 Å². The molecule has 28 heavy (non-hydrogen) atoms. The van der Waals surface area contributed by atoms with Crippen molar-refractivity contribution >= 4 is 28.1 Å². The number of nitrogens with zero attached hydrogens (tertiary/aromatic N) is 3. The van der Waals surface area contributed by atoms with Crippen LogP contribution in [0.25, 0.3) is 16.5 Å². The highest BCUT2D eigenvalue weighted by Gasteiger charge is 2.22. The second kappa shape index (κ2) is 6.84. The Morgan fingerprint density at radius 2 is 1.96 bits per heavy atom. The van der Waals surface area contributed by atoms with Crippen LogP contribution >= 0.6 is 0 Å². The summed E-state index contributed by atoms with van der Waals surface area (Å²) in [6.07, 6.45) is 3.34. The molecule has 0 spiro atoms. The molecule has 0 fully saturated rings. The van der Waals surface area contributed by atoms with Gasteiger partial charge in [0.25, 0.3) is 0 Å². The maximum atomic E-state index is 12.1. The number of Topliss-reactive ketones (excluding diaryl/α,β-unsaturated/α-hetero) is 1. The predicted molar refractivity (Wildman–Crippen MR) is 111 cm³/mol. The number of benzene rings is 2. The van der Waals surface area contributed by atoms with Gasteiger partial charge in [0.05, 0.1) is 24.0 Å². The Morgan fingerprint density at radius 3 is 2.75 bits per heavy atom. The van der Waals surface area contributed by atoms with E-state index in [0.29, 0.717) is 13.1 Å². The van der Waals surface area contributed by atoms with E-state index in [0.717, 1.165) is 47.6 Å². The highest BCUT2D eigenvalue weighted by Crippen LogP contribution is 2.29. The Kier molecular flexibility index (Phi) is 4.17. The maximum Gasteiger partial charge on any atom is 0.182 e. The van der Waals surface area contributed by atoms with Gasteiger partial charge in [0.1, 0.15) is 11.6 Å². The van der Waals surface area contributed by atoms with E-state index in [1.165, 1.54) is 16.7 Å². The lowest BCUT2D eigenvalue weighted by atomic mass is 9.98. The van der Waals surface area contributed by atoms with Gasteiger partial charge in [-0.25, -0.2) is 9.97 Å². The minimum absolute atomic E-state index is 0.0965. The van der Waals surface area contributed by atoms with E-state index in [1.807, 2.05) is 18.2 Å². The third-order valence-electron chi connectivity index (χ3n) is 5.57. The van der Waals surface area contributed by atoms with Crippen LogP contribution in [0.3, 0.4) is 0 Å². The molecule has 2 aliphatic heterocycles. The van der Waals surface area contributed by atoms with Crippen LogP contribution in [-0.2, 0) is 6.54 Å². The van der Waals surface area contributed by atoms with Crippen molar-refractivity contribution in [3.8, 4) is 0 Å². The van der Waals surface area contributed by atoms with E-state index in [-0.39, 0.29) is 5.78 Å². The quantitative estimate of drug-likeness (QED) is 0.759. The van der Waals surface area contributed by atoms with E-state index in [1.54, 1.807) is 0 Å². The number of rotatable bonds is 3. The molecule has 140 valence electrons. The van der Waals surface area contributed by atoms with Gasteiger partial charge in [-0.1, -0.05) is 48.0 Å². The van der Waals surface area contributed by atoms with Gasteiger partial charge < -0.3 is 5.32 Å². The summed E-state index contributed by atoms with van der Waals surface area (Å²) in [4.78, 5) is 23.9. The molecule has 3 aromatic rings. The summed E-state index contributed by atoms with van der Waals surface area (Å²) in [6.45, 7) is 5.01. The molecule has 3 heterocycles. The fraction of sp³-hybridized carbons (Fsp3) is 0.261. The van der Waals surface area contributed by atoms with E-state index in [4.69, 9.17) is 9.97 Å². The summed E-state index contributed by atoms with van der Waals surface area (Å²) in [5, 5.41) is 4.01. The number of hydrogen-bond donors (Lipinski definition) is 1. The SMILES string of the molecule is Cc1ccc(C2=CCN(Cc3nc4c5c(cccc5n3)C(=O)CN4)CC2)cc1. The number of aryl methyl sites for hydroxylation is 1. The minimum atomic E-state index is 0.0965. The molecule has 0 amide bonds. The van der Waals surface area contributed by atoms with Crippen molar-refractivity contribution in [3.63, 3.8) is 0 Å². The summed E-state index contributed by atoms with van der Waals surface area (Å²) >= 11 is 0. The van der Waals surface area contributed by atoms with Gasteiger partial charge in [-0.05, 0) is 30.5 Å². The molecule has 0 radical (unpaired) electrons. The molecule has 1 N–H and O–H groups in total. The average Bonchev–Trinajstić information content (AvgIpc) is 2.72. The summed E-state index contributed by atoms with van der Waals surface area (Å²) in [5.74, 6) is 1.68. The topological polar surface area (TPSA) is 58.1 Å². The highest BCUT2D eigenvalue weighted by molar-refractivity contribution is 6.15. The fourth-order valence-corrected chi connectivity index (χ4v) is 4.01. The number of anilines is 1. The third-order valence-corrected chi connectivity index (χ3v) is 5.57. The van der Waals surface area contributed by atoms with Crippen molar-refractivity contribution in [2.45, 2.75) is 19.9 Å². The van der Waals surface area contributed by atoms with Crippen molar-refractivity contribution in [1.29, 1.82) is 0 Å². The minimum Gasteiger partial charge on any atom is -0.362 e. The number of aromatic nitrogens is 2. The first-order chi connectivity index (χ1) is 13.7. The van der Waals surface area contributed by atoms with Gasteiger partial charge in [0.2, 0.25) is 0 Å². The Balaban J connectivity index is 1.37. The lowest BCUT2D eigenvalue weighted by molar-refractivity contribution is 0.101. The van der Waals surface area contributed by atoms with E-state index < -0.39 is 0 Å². The van der Waals surface area contributed by atoms with Gasteiger partial charge in [-0.3, -0.25) is 9.69 Å². The van der Waals surface area contributed by atoms with Crippen molar-refractivity contribution in [2.24, 2.45) is 0 Å². The van der Waals surface area contributed by atoms with Crippen LogP contribution in [0.4, 0.5) is 5.82 Å². The lowest BCUT2D eigenvalue weighted by Crippen LogP contribution is -2.29. The molecule has 0 bridgehead atoms. The van der Waals surface area contributed by atoms with E-state index >= 15 is 0 Å². The molecule has 5 heteroatoms. The summed E-state index contributed by atoms with van der Waals surface area (Å²) in [5.41, 5.74) is 5.58. The van der Waals surface area contributed by atoms with Crippen LogP contribution < -0.4 is 5.32 Å². The van der Waals surface area contributed by atoms with Crippen LogP contribution in [0, 0.1) is 6.92 Å². The largest absolute Gasteiger partial charge is 0.362 e. The zero-order chi connectivity index (χ0) is 19.1. The Labute approximate surface area is 164 Å². The Bertz CT molecular complexity index is 1100. The van der Waals surface area contributed by atoms with Gasteiger partial charge in [0.15, 0.2) is 5.78 Å². The number of carbonyl (C=O) groups excluding carboxylic acids is 1. The standard InChI is InChI=1S/C23H22N4O/c1-15-5-7-16(8-6-15)17-9-11-27(12-10-17)14-21-25-19-4-2-3-18-20(28)13-24-23(26-21)22(18)19/h2-9H,10-14H2,1H3,(H,24,25,26). The first-order valence-corrected chi connectivity index (χ1v) is 9.72. The highest BCUT2D eigenvalue weighted by atomic mass is 16.1. The average molecular weight is 370 g/mol. The van der Waals surface area contributed by atoms with Gasteiger partial charge in [-0.15, -0.1) is 0 Å². The fourth-order valence-electron chi connectivity index (χ4n) is 4.01. The molecule has 0 saturated carbocycles. The summed E-state index contributed by atoms with van der Waals surface area (Å²) in [6, 6.07) is 14.5. The molecule has 0 atom stereocenters. The zero-order valence-corrected chi connectivity index (χ0v) is 15.9. The molecule has 1 aromatic heterocycles. The number of nitrogens with one attached hydrogen (secondary N) is 1. The molecule has 2 aromatic carbocycles. The van der Waals surface area contributed by atoms with Gasteiger partial charge in [-0.2, -0.15) is 0 Å². The lowest BCUT2D eigenvalue weighted by Gasteiger charge is -2.26. The summed E-state index contributed by atoms with van der Waals surface area (Å²) in [7, 11) is 0. The molecule has 0 unspecified atom stereocenters. The van der Waals surface area contributed by atoms with Crippen molar-refractivity contribution < 1.29 is 4.79 Å². The molecule has 5 rings (SSSR count). The predicted octanol–water partition coefficient (Wildman–Crippen LogP) is 3.84. The van der Waals surface area contributed by atoms with Crippen molar-refractivity contribution in [2.75, 3.05) is 25.0 Å². The molecule has 0 aliphatic carbocycles. The molecule has 2 aliphatic rings. The summed E-state index contributed by atoms with van der Waals surface area (Å²) < 4.78 is 0. The number of ketones is 1. The number of hydrogen-bond acceptors (Lipinski definition) is 5. The van der Waals surface area contributed by atoms with Crippen molar-refractivity contribution in [1.82, 2.24) is 14.9 Å². The molecule has 5 nitrogen and oxygen atoms in total. The Morgan fingerprint density at radius 1 is 1.11 bits per heavy atom. The first-order valence-electron chi connectivity index (χ1n) is 9.72. The van der Waals surface area contributed by atoms with Crippen LogP contribution in [0.2, 0.25) is 0 Å². The van der Waals surface area contributed by atoms with E-state index in [9.17, 15) is 4.79 Å². The molecular weight excluding hydrogens is 348 g/mol. The van der Waals surface area contributed by atoms with E-state index in [2.05, 4.69) is 47.5 Å². The maximum absolute atomic E-state index is 12.1. The first kappa shape index (κ1) is 17.1. The molecular formula is C23H22N4O. The smallest absolute Gasteiger partial charge is 0.182 e. The Hall–Kier alpha value is -3.05. The zero-order valence-electron chi connectivity index (χ0n) is 15.9. The van der Waals surface area contributed by atoms with Crippen LogP contribution in [0.5, 0.6) is 0 Å². The second-order valence-electron chi connectivity index (χ2n) is 7.55. The molecule has 0 saturated heterocycles. The van der Waals surface area contributed by atoms with Crippen LogP contribution in [0.1, 0.15) is 33.7 Å². The third kappa shape index (κ3) is 3.08. The van der Waals surface area contributed by atoms with Gasteiger partial charge >= 0.3 is 0 Å². The number of carbonyl (C=O) groups is 1. The second-order valence-corrected chi connectivity index (χ2v) is 7.55. The van der Waals surface area contributed by atoms with Crippen LogP contribution in [-0.4, -0.2) is 40.3 Å².